The van der Waals surface area contributed by atoms with E-state index in [4.69, 9.17) is 9.94 Å². The summed E-state index contributed by atoms with van der Waals surface area (Å²) >= 11 is 0. The number of alkyl halides is 3. The van der Waals surface area contributed by atoms with E-state index in [2.05, 4.69) is 14.7 Å². The minimum absolute atomic E-state index is 0.0483. The molecule has 0 atom stereocenters. The molecule has 0 saturated heterocycles. The van der Waals surface area contributed by atoms with Gasteiger partial charge in [0.15, 0.2) is 0 Å². The number of benzene rings is 1. The number of aliphatic hydroxyl groups is 1. The van der Waals surface area contributed by atoms with Crippen molar-refractivity contribution in [3.63, 3.8) is 0 Å². The first-order valence-corrected chi connectivity index (χ1v) is 8.93. The lowest BCUT2D eigenvalue weighted by Crippen LogP contribution is -2.28. The first kappa shape index (κ1) is 27.7. The lowest BCUT2D eigenvalue weighted by molar-refractivity contribution is -0.173. The van der Waals surface area contributed by atoms with E-state index in [9.17, 15) is 26.0 Å². The molecule has 7 nitrogen and oxygen atoms in total. The lowest BCUT2D eigenvalue weighted by Gasteiger charge is -2.10. The molecule has 2 N–H and O–H groups in total. The highest BCUT2D eigenvalue weighted by Crippen LogP contribution is 2.28. The van der Waals surface area contributed by atoms with Crippen LogP contribution in [-0.2, 0) is 19.8 Å². The standard InChI is InChI=1S/C8H6F4O3S.C4H11NO2.C3H8O/c1-5-4-6(9)2-3-7(5)15-16(13,14)8(10,11)12;1-4(2)7-5-6-3;1-3(2)4/h2-4H,1H3;4-5H,1-3H3;3-4H,1-2H3. The first-order chi connectivity index (χ1) is 12.1. The first-order valence-electron chi connectivity index (χ1n) is 7.52. The van der Waals surface area contributed by atoms with Crippen molar-refractivity contribution in [3.05, 3.63) is 29.6 Å². The van der Waals surface area contributed by atoms with Crippen LogP contribution < -0.4 is 9.83 Å². The average molecular weight is 423 g/mol. The molecule has 0 bridgehead atoms. The van der Waals surface area contributed by atoms with Gasteiger partial charge in [-0.05, 0) is 58.4 Å². The van der Waals surface area contributed by atoms with Gasteiger partial charge in [-0.15, -0.1) is 0 Å². The summed E-state index contributed by atoms with van der Waals surface area (Å²) in [5, 5.41) is 8.06. The fourth-order valence-electron chi connectivity index (χ4n) is 1.02. The topological polar surface area (TPSA) is 94.1 Å². The molecule has 0 aliphatic heterocycles. The van der Waals surface area contributed by atoms with Gasteiger partial charge in [-0.3, -0.25) is 9.68 Å². The second-order valence-electron chi connectivity index (χ2n) is 5.44. The number of rotatable bonds is 5. The van der Waals surface area contributed by atoms with Crippen LogP contribution in [0.2, 0.25) is 0 Å². The normalized spacial score (nSPS) is 11.4. The molecule has 0 saturated carbocycles. The van der Waals surface area contributed by atoms with Crippen molar-refractivity contribution in [3.8, 4) is 5.75 Å². The van der Waals surface area contributed by atoms with Crippen molar-refractivity contribution in [2.45, 2.75) is 52.3 Å². The Morgan fingerprint density at radius 1 is 1.15 bits per heavy atom. The quantitative estimate of drug-likeness (QED) is 0.325. The molecule has 1 aromatic rings. The maximum atomic E-state index is 12.6. The van der Waals surface area contributed by atoms with Gasteiger partial charge < -0.3 is 9.29 Å². The van der Waals surface area contributed by atoms with E-state index in [0.29, 0.717) is 0 Å². The summed E-state index contributed by atoms with van der Waals surface area (Å²) in [6, 6.07) is 2.48. The monoisotopic (exact) mass is 423 g/mol. The number of halogens is 4. The zero-order valence-electron chi connectivity index (χ0n) is 15.8. The van der Waals surface area contributed by atoms with E-state index in [0.717, 1.165) is 18.2 Å². The van der Waals surface area contributed by atoms with Gasteiger partial charge in [-0.25, -0.2) is 4.39 Å². The highest BCUT2D eigenvalue weighted by Gasteiger charge is 2.48. The third-order valence-electron chi connectivity index (χ3n) is 1.99. The summed E-state index contributed by atoms with van der Waals surface area (Å²) in [6.45, 7) is 8.49. The third kappa shape index (κ3) is 14.3. The van der Waals surface area contributed by atoms with Crippen molar-refractivity contribution >= 4 is 10.1 Å². The smallest absolute Gasteiger partial charge is 0.394 e. The molecule has 0 aromatic heterocycles. The third-order valence-corrected chi connectivity index (χ3v) is 2.95. The maximum absolute atomic E-state index is 12.6. The van der Waals surface area contributed by atoms with Crippen LogP contribution in [0, 0.1) is 12.7 Å². The second kappa shape index (κ2) is 12.8. The highest BCUT2D eigenvalue weighted by molar-refractivity contribution is 7.88. The van der Waals surface area contributed by atoms with Gasteiger partial charge in [0, 0.05) is 6.10 Å². The SMILES string of the molecule is CC(C)O.CONOC(C)C.Cc1cc(F)ccc1OS(=O)(=O)C(F)(F)F. The molecule has 0 aliphatic rings. The Hall–Kier alpha value is -1.47. The van der Waals surface area contributed by atoms with E-state index in [1.165, 1.54) is 14.0 Å². The number of hydrogen-bond donors (Lipinski definition) is 2. The van der Waals surface area contributed by atoms with Crippen molar-refractivity contribution in [1.29, 1.82) is 0 Å². The molecule has 0 unspecified atom stereocenters. The van der Waals surface area contributed by atoms with E-state index in [1.807, 2.05) is 13.8 Å². The molecular formula is C15H25F4NO6S. The van der Waals surface area contributed by atoms with Crippen LogP contribution in [0.1, 0.15) is 33.3 Å². The van der Waals surface area contributed by atoms with Crippen molar-refractivity contribution in [2.75, 3.05) is 7.11 Å². The Balaban J connectivity index is 0. The Morgan fingerprint density at radius 3 is 1.93 bits per heavy atom. The van der Waals surface area contributed by atoms with Crippen LogP contribution in [0.3, 0.4) is 0 Å². The molecule has 1 aromatic carbocycles. The Morgan fingerprint density at radius 2 is 1.63 bits per heavy atom. The predicted octanol–water partition coefficient (Wildman–Crippen LogP) is 3.23. The van der Waals surface area contributed by atoms with Crippen LogP contribution in [0.4, 0.5) is 17.6 Å². The van der Waals surface area contributed by atoms with Gasteiger partial charge >= 0.3 is 15.6 Å². The molecule has 0 heterocycles. The predicted molar refractivity (Wildman–Crippen MR) is 90.5 cm³/mol. The van der Waals surface area contributed by atoms with E-state index < -0.39 is 27.2 Å². The number of aliphatic hydroxyl groups excluding tert-OH is 1. The van der Waals surface area contributed by atoms with Gasteiger partial charge in [-0.2, -0.15) is 21.6 Å². The van der Waals surface area contributed by atoms with Crippen molar-refractivity contribution in [2.24, 2.45) is 0 Å². The van der Waals surface area contributed by atoms with Gasteiger partial charge in [0.05, 0.1) is 13.2 Å². The summed E-state index contributed by atoms with van der Waals surface area (Å²) < 4.78 is 73.5. The van der Waals surface area contributed by atoms with Gasteiger partial charge in [-0.1, -0.05) is 5.64 Å². The fourth-order valence-corrected chi connectivity index (χ4v) is 1.53. The van der Waals surface area contributed by atoms with Gasteiger partial charge in [0.2, 0.25) is 0 Å². The molecule has 160 valence electrons. The number of hydrogen-bond acceptors (Lipinski definition) is 7. The summed E-state index contributed by atoms with van der Waals surface area (Å²) in [6.07, 6.45) is -0.0000463. The molecular weight excluding hydrogens is 398 g/mol. The lowest BCUT2D eigenvalue weighted by atomic mass is 10.2. The molecule has 0 spiro atoms. The van der Waals surface area contributed by atoms with Gasteiger partial charge in [0.25, 0.3) is 0 Å². The molecule has 27 heavy (non-hydrogen) atoms. The molecule has 0 radical (unpaired) electrons. The Kier molecular flexibility index (Phi) is 13.2. The minimum Gasteiger partial charge on any atom is -0.394 e. The molecule has 12 heteroatoms. The summed E-state index contributed by atoms with van der Waals surface area (Å²) in [7, 11) is -4.21. The Labute approximate surface area is 156 Å². The van der Waals surface area contributed by atoms with Crippen LogP contribution >= 0.6 is 0 Å². The molecule has 0 aliphatic carbocycles. The molecule has 1 rings (SSSR count). The largest absolute Gasteiger partial charge is 0.534 e. The minimum atomic E-state index is -5.71. The number of nitrogens with one attached hydrogen (secondary N) is 1. The van der Waals surface area contributed by atoms with Crippen LogP contribution in [0.5, 0.6) is 5.75 Å². The zero-order chi connectivity index (χ0) is 21.8. The summed E-state index contributed by atoms with van der Waals surface area (Å²) in [5.41, 5.74) is -3.31. The van der Waals surface area contributed by atoms with E-state index in [-0.39, 0.29) is 17.8 Å². The van der Waals surface area contributed by atoms with Crippen LogP contribution in [0.25, 0.3) is 0 Å². The Bertz CT molecular complexity index is 633. The molecule has 0 amide bonds. The number of aryl methyl sites for hydroxylation is 1. The van der Waals surface area contributed by atoms with Crippen LogP contribution in [-0.4, -0.2) is 38.4 Å². The van der Waals surface area contributed by atoms with E-state index in [1.54, 1.807) is 13.8 Å². The van der Waals surface area contributed by atoms with Crippen LogP contribution in [0.15, 0.2) is 18.2 Å². The zero-order valence-corrected chi connectivity index (χ0v) is 16.6. The van der Waals surface area contributed by atoms with Gasteiger partial charge in [0.1, 0.15) is 11.6 Å². The second-order valence-corrected chi connectivity index (χ2v) is 6.98. The average Bonchev–Trinajstić information content (AvgIpc) is 2.47. The highest BCUT2D eigenvalue weighted by atomic mass is 32.2. The summed E-state index contributed by atoms with van der Waals surface area (Å²) in [5.74, 6) is -1.26. The summed E-state index contributed by atoms with van der Waals surface area (Å²) in [4.78, 5) is 9.10. The van der Waals surface area contributed by atoms with E-state index >= 15 is 0 Å². The fraction of sp³-hybridized carbons (Fsp3) is 0.600. The van der Waals surface area contributed by atoms with Crippen molar-refractivity contribution < 1.29 is 44.9 Å². The maximum Gasteiger partial charge on any atom is 0.534 e. The molecule has 0 fully saturated rings. The van der Waals surface area contributed by atoms with Crippen molar-refractivity contribution in [1.82, 2.24) is 5.64 Å².